The molecule has 0 amide bonds. The van der Waals surface area contributed by atoms with E-state index in [0.29, 0.717) is 0 Å². The van der Waals surface area contributed by atoms with Gasteiger partial charge in [-0.15, -0.1) is 11.6 Å². The Morgan fingerprint density at radius 2 is 2.00 bits per heavy atom. The monoisotopic (exact) mass is 236 g/mol. The molecule has 0 saturated carbocycles. The van der Waals surface area contributed by atoms with E-state index in [9.17, 15) is 13.2 Å². The first-order valence-electron chi connectivity index (χ1n) is 3.95. The summed E-state index contributed by atoms with van der Waals surface area (Å²) in [7, 11) is 0. The lowest BCUT2D eigenvalue weighted by Crippen LogP contribution is -2.09. The van der Waals surface area contributed by atoms with Crippen molar-refractivity contribution in [1.82, 2.24) is 9.55 Å². The molecule has 15 heavy (non-hydrogen) atoms. The number of rotatable bonds is 3. The van der Waals surface area contributed by atoms with Gasteiger partial charge < -0.3 is 4.57 Å². The van der Waals surface area contributed by atoms with Crippen LogP contribution in [0.25, 0.3) is 12.3 Å². The van der Waals surface area contributed by atoms with Gasteiger partial charge in [-0.05, 0) is 6.08 Å². The van der Waals surface area contributed by atoms with Crippen LogP contribution < -0.4 is 0 Å². The van der Waals surface area contributed by atoms with Crippen LogP contribution in [0.4, 0.5) is 13.2 Å². The molecule has 1 heterocycles. The van der Waals surface area contributed by atoms with Crippen molar-refractivity contribution in [3.63, 3.8) is 0 Å². The van der Waals surface area contributed by atoms with E-state index in [4.69, 9.17) is 11.6 Å². The molecular weight excluding hydrogens is 229 g/mol. The van der Waals surface area contributed by atoms with Gasteiger partial charge in [0.15, 0.2) is 5.69 Å². The Kier molecular flexibility index (Phi) is 3.24. The first-order chi connectivity index (χ1) is 6.95. The van der Waals surface area contributed by atoms with E-state index in [1.807, 2.05) is 0 Å². The summed E-state index contributed by atoms with van der Waals surface area (Å²) < 4.78 is 38.7. The summed E-state index contributed by atoms with van der Waals surface area (Å²) in [6.07, 6.45) is -2.08. The third-order valence-corrected chi connectivity index (χ3v) is 2.05. The number of imidazole rings is 1. The average molecular weight is 237 g/mol. The zero-order valence-corrected chi connectivity index (χ0v) is 8.44. The Morgan fingerprint density at radius 3 is 2.33 bits per heavy atom. The Labute approximate surface area is 89.7 Å². The molecule has 0 aliphatic rings. The van der Waals surface area contributed by atoms with E-state index in [-0.39, 0.29) is 17.4 Å². The van der Waals surface area contributed by atoms with Crippen LogP contribution in [0.5, 0.6) is 0 Å². The fourth-order valence-electron chi connectivity index (χ4n) is 1.19. The normalized spacial score (nSPS) is 11.5. The standard InChI is InChI=1S/C9H8ClF3N2/c1-3-7-14-8(9(11,12)13)6(5-10)15(7)4-2/h3-4H,1-2,5H2. The highest BCUT2D eigenvalue weighted by atomic mass is 35.5. The number of alkyl halides is 4. The van der Waals surface area contributed by atoms with Crippen LogP contribution in [-0.4, -0.2) is 9.55 Å². The Balaban J connectivity index is 3.47. The van der Waals surface area contributed by atoms with Crippen molar-refractivity contribution in [3.8, 4) is 0 Å². The highest BCUT2D eigenvalue weighted by molar-refractivity contribution is 6.17. The summed E-state index contributed by atoms with van der Waals surface area (Å²) in [6.45, 7) is 6.76. The summed E-state index contributed by atoms with van der Waals surface area (Å²) in [4.78, 5) is 3.41. The van der Waals surface area contributed by atoms with Crippen LogP contribution in [-0.2, 0) is 12.1 Å². The molecular formula is C9H8ClF3N2. The van der Waals surface area contributed by atoms with Crippen LogP contribution in [0, 0.1) is 0 Å². The minimum atomic E-state index is -4.52. The first kappa shape index (κ1) is 11.8. The van der Waals surface area contributed by atoms with Crippen molar-refractivity contribution in [1.29, 1.82) is 0 Å². The molecule has 0 atom stereocenters. The summed E-state index contributed by atoms with van der Waals surface area (Å²) in [5.41, 5.74) is -1.12. The second-order valence-corrected chi connectivity index (χ2v) is 2.92. The molecule has 0 bridgehead atoms. The molecule has 6 heteroatoms. The molecule has 0 aromatic carbocycles. The van der Waals surface area contributed by atoms with Gasteiger partial charge in [0.25, 0.3) is 0 Å². The second kappa shape index (κ2) is 4.10. The minimum Gasteiger partial charge on any atom is -0.303 e. The quantitative estimate of drug-likeness (QED) is 0.736. The number of hydrogen-bond donors (Lipinski definition) is 0. The predicted octanol–water partition coefficient (Wildman–Crippen LogP) is 3.38. The molecule has 0 radical (unpaired) electrons. The van der Waals surface area contributed by atoms with Crippen molar-refractivity contribution in [3.05, 3.63) is 30.4 Å². The molecule has 0 fully saturated rings. The van der Waals surface area contributed by atoms with Crippen LogP contribution >= 0.6 is 11.6 Å². The molecule has 0 spiro atoms. The van der Waals surface area contributed by atoms with Gasteiger partial charge in [0, 0.05) is 6.20 Å². The Bertz CT molecular complexity index is 393. The molecule has 0 aliphatic carbocycles. The third-order valence-electron chi connectivity index (χ3n) is 1.80. The lowest BCUT2D eigenvalue weighted by molar-refractivity contribution is -0.141. The van der Waals surface area contributed by atoms with E-state index in [0.717, 1.165) is 0 Å². The van der Waals surface area contributed by atoms with E-state index >= 15 is 0 Å². The molecule has 0 saturated heterocycles. The van der Waals surface area contributed by atoms with Crippen molar-refractivity contribution < 1.29 is 13.2 Å². The van der Waals surface area contributed by atoms with Gasteiger partial charge in [0.1, 0.15) is 5.82 Å². The van der Waals surface area contributed by atoms with E-state index in [1.54, 1.807) is 0 Å². The minimum absolute atomic E-state index is 0.0768. The molecule has 0 unspecified atom stereocenters. The third kappa shape index (κ3) is 2.07. The maximum Gasteiger partial charge on any atom is 0.435 e. The summed E-state index contributed by atoms with van der Waals surface area (Å²) in [6, 6.07) is 0. The van der Waals surface area contributed by atoms with Crippen molar-refractivity contribution in [2.24, 2.45) is 0 Å². The summed E-state index contributed by atoms with van der Waals surface area (Å²) in [5, 5.41) is 0. The van der Waals surface area contributed by atoms with E-state index in [2.05, 4.69) is 18.1 Å². The van der Waals surface area contributed by atoms with E-state index in [1.165, 1.54) is 16.8 Å². The highest BCUT2D eigenvalue weighted by Crippen LogP contribution is 2.32. The van der Waals surface area contributed by atoms with Crippen LogP contribution in [0.1, 0.15) is 17.2 Å². The molecule has 0 N–H and O–H groups in total. The smallest absolute Gasteiger partial charge is 0.303 e. The van der Waals surface area contributed by atoms with Crippen LogP contribution in [0.2, 0.25) is 0 Å². The summed E-state index contributed by atoms with van der Waals surface area (Å²) >= 11 is 5.45. The van der Waals surface area contributed by atoms with E-state index < -0.39 is 11.9 Å². The summed E-state index contributed by atoms with van der Waals surface area (Å²) in [5.74, 6) is -0.213. The van der Waals surface area contributed by atoms with Crippen molar-refractivity contribution >= 4 is 23.9 Å². The molecule has 0 aliphatic heterocycles. The molecule has 2 nitrogen and oxygen atoms in total. The molecule has 82 valence electrons. The first-order valence-corrected chi connectivity index (χ1v) is 4.48. The second-order valence-electron chi connectivity index (χ2n) is 2.65. The Hall–Kier alpha value is -1.23. The van der Waals surface area contributed by atoms with Crippen LogP contribution in [0.3, 0.4) is 0 Å². The maximum atomic E-state index is 12.5. The highest BCUT2D eigenvalue weighted by Gasteiger charge is 2.37. The van der Waals surface area contributed by atoms with Gasteiger partial charge in [0.05, 0.1) is 11.6 Å². The zero-order chi connectivity index (χ0) is 11.6. The van der Waals surface area contributed by atoms with Gasteiger partial charge >= 0.3 is 6.18 Å². The van der Waals surface area contributed by atoms with Crippen molar-refractivity contribution in [2.45, 2.75) is 12.1 Å². The number of hydrogen-bond acceptors (Lipinski definition) is 1. The van der Waals surface area contributed by atoms with Gasteiger partial charge in [-0.25, -0.2) is 4.98 Å². The fourth-order valence-corrected chi connectivity index (χ4v) is 1.44. The van der Waals surface area contributed by atoms with Gasteiger partial charge in [-0.1, -0.05) is 13.2 Å². The largest absolute Gasteiger partial charge is 0.435 e. The van der Waals surface area contributed by atoms with Crippen LogP contribution in [0.15, 0.2) is 13.2 Å². The van der Waals surface area contributed by atoms with Gasteiger partial charge in [0.2, 0.25) is 0 Å². The number of halogens is 4. The Morgan fingerprint density at radius 1 is 1.40 bits per heavy atom. The topological polar surface area (TPSA) is 17.8 Å². The average Bonchev–Trinajstić information content (AvgIpc) is 2.54. The zero-order valence-electron chi connectivity index (χ0n) is 7.68. The molecule has 1 rings (SSSR count). The van der Waals surface area contributed by atoms with Gasteiger partial charge in [-0.3, -0.25) is 0 Å². The molecule has 1 aromatic rings. The fraction of sp³-hybridized carbons (Fsp3) is 0.222. The SMILES string of the molecule is C=Cc1nc(C(F)(F)F)c(CCl)n1C=C. The maximum absolute atomic E-state index is 12.5. The lowest BCUT2D eigenvalue weighted by atomic mass is 10.3. The molecule has 1 aromatic heterocycles. The van der Waals surface area contributed by atoms with Crippen molar-refractivity contribution in [2.75, 3.05) is 0 Å². The number of aromatic nitrogens is 2. The number of nitrogens with zero attached hydrogens (tertiary/aromatic N) is 2. The predicted molar refractivity (Wildman–Crippen MR) is 53.3 cm³/mol. The van der Waals surface area contributed by atoms with Gasteiger partial charge in [-0.2, -0.15) is 13.2 Å². The lowest BCUT2D eigenvalue weighted by Gasteiger charge is -2.05.